The van der Waals surface area contributed by atoms with Crippen molar-refractivity contribution in [1.82, 2.24) is 4.98 Å². The SMILES string of the molecule is Cc1cc(N(CCO)Cc2ccsc2)ncc1Br. The van der Waals surface area contributed by atoms with Crippen LogP contribution in [0.15, 0.2) is 33.6 Å². The zero-order valence-corrected chi connectivity index (χ0v) is 12.5. The molecule has 18 heavy (non-hydrogen) atoms. The Kier molecular flexibility index (Phi) is 4.74. The number of anilines is 1. The van der Waals surface area contributed by atoms with Gasteiger partial charge in [-0.25, -0.2) is 4.98 Å². The lowest BCUT2D eigenvalue weighted by Gasteiger charge is -2.22. The molecular weight excluding hydrogens is 312 g/mol. The minimum absolute atomic E-state index is 0.126. The number of aryl methyl sites for hydroxylation is 1. The molecule has 0 aliphatic heterocycles. The van der Waals surface area contributed by atoms with Crippen LogP contribution in [0.2, 0.25) is 0 Å². The van der Waals surface area contributed by atoms with Crippen LogP contribution in [-0.2, 0) is 6.54 Å². The van der Waals surface area contributed by atoms with Gasteiger partial charge in [-0.05, 0) is 56.9 Å². The smallest absolute Gasteiger partial charge is 0.129 e. The number of halogens is 1. The van der Waals surface area contributed by atoms with E-state index in [-0.39, 0.29) is 6.61 Å². The van der Waals surface area contributed by atoms with Crippen molar-refractivity contribution >= 4 is 33.1 Å². The van der Waals surface area contributed by atoms with E-state index in [1.54, 1.807) is 11.3 Å². The van der Waals surface area contributed by atoms with E-state index in [0.29, 0.717) is 6.54 Å². The van der Waals surface area contributed by atoms with Crippen molar-refractivity contribution in [3.63, 3.8) is 0 Å². The highest BCUT2D eigenvalue weighted by atomic mass is 79.9. The predicted octanol–water partition coefficient (Wildman–Crippen LogP) is 3.21. The molecule has 2 aromatic heterocycles. The van der Waals surface area contributed by atoms with E-state index in [2.05, 4.69) is 42.6 Å². The Morgan fingerprint density at radius 3 is 2.94 bits per heavy atom. The van der Waals surface area contributed by atoms with Gasteiger partial charge < -0.3 is 10.0 Å². The summed E-state index contributed by atoms with van der Waals surface area (Å²) in [7, 11) is 0. The first-order valence-electron chi connectivity index (χ1n) is 5.69. The van der Waals surface area contributed by atoms with Crippen LogP contribution in [0.25, 0.3) is 0 Å². The molecule has 0 aromatic carbocycles. The average molecular weight is 327 g/mol. The molecule has 0 fully saturated rings. The standard InChI is InChI=1S/C13H15BrN2OS/c1-10-6-13(15-7-12(10)14)16(3-4-17)8-11-2-5-18-9-11/h2,5-7,9,17H,3-4,8H2,1H3. The van der Waals surface area contributed by atoms with Crippen molar-refractivity contribution in [2.75, 3.05) is 18.1 Å². The fraction of sp³-hybridized carbons (Fsp3) is 0.308. The number of pyridine rings is 1. The van der Waals surface area contributed by atoms with Gasteiger partial charge in [0, 0.05) is 23.8 Å². The number of aliphatic hydroxyl groups is 1. The van der Waals surface area contributed by atoms with Gasteiger partial charge in [0.1, 0.15) is 5.82 Å². The van der Waals surface area contributed by atoms with Crippen LogP contribution >= 0.6 is 27.3 Å². The minimum Gasteiger partial charge on any atom is -0.395 e. The van der Waals surface area contributed by atoms with Crippen LogP contribution in [0.4, 0.5) is 5.82 Å². The van der Waals surface area contributed by atoms with E-state index in [9.17, 15) is 5.11 Å². The highest BCUT2D eigenvalue weighted by molar-refractivity contribution is 9.10. The van der Waals surface area contributed by atoms with E-state index >= 15 is 0 Å². The first-order chi connectivity index (χ1) is 8.70. The largest absolute Gasteiger partial charge is 0.395 e. The molecule has 0 saturated carbocycles. The number of thiophene rings is 1. The van der Waals surface area contributed by atoms with Gasteiger partial charge in [-0.1, -0.05) is 0 Å². The Balaban J connectivity index is 2.20. The molecule has 0 spiro atoms. The highest BCUT2D eigenvalue weighted by Gasteiger charge is 2.09. The summed E-state index contributed by atoms with van der Waals surface area (Å²) in [4.78, 5) is 6.49. The van der Waals surface area contributed by atoms with E-state index in [4.69, 9.17) is 0 Å². The molecule has 2 heterocycles. The summed E-state index contributed by atoms with van der Waals surface area (Å²) in [6, 6.07) is 4.13. The summed E-state index contributed by atoms with van der Waals surface area (Å²) in [6.45, 7) is 3.53. The third-order valence-electron chi connectivity index (χ3n) is 2.68. The van der Waals surface area contributed by atoms with Gasteiger partial charge in [0.2, 0.25) is 0 Å². The van der Waals surface area contributed by atoms with Crippen LogP contribution in [0, 0.1) is 6.92 Å². The summed E-state index contributed by atoms with van der Waals surface area (Å²) in [5.41, 5.74) is 2.39. The molecule has 0 radical (unpaired) electrons. The second kappa shape index (κ2) is 6.31. The molecule has 96 valence electrons. The molecule has 2 aromatic rings. The zero-order chi connectivity index (χ0) is 13.0. The van der Waals surface area contributed by atoms with Crippen LogP contribution in [-0.4, -0.2) is 23.2 Å². The first kappa shape index (κ1) is 13.5. The molecule has 0 unspecified atom stereocenters. The average Bonchev–Trinajstić information content (AvgIpc) is 2.85. The third kappa shape index (κ3) is 3.31. The Morgan fingerprint density at radius 2 is 2.33 bits per heavy atom. The molecule has 2 rings (SSSR count). The summed E-state index contributed by atoms with van der Waals surface area (Å²) in [6.07, 6.45) is 1.81. The highest BCUT2D eigenvalue weighted by Crippen LogP contribution is 2.21. The normalized spacial score (nSPS) is 10.6. The topological polar surface area (TPSA) is 36.4 Å². The first-order valence-corrected chi connectivity index (χ1v) is 7.43. The molecule has 0 amide bonds. The summed E-state index contributed by atoms with van der Waals surface area (Å²) in [5, 5.41) is 13.4. The van der Waals surface area contributed by atoms with Gasteiger partial charge in [0.05, 0.1) is 6.61 Å². The lowest BCUT2D eigenvalue weighted by Crippen LogP contribution is -2.26. The van der Waals surface area contributed by atoms with Crippen LogP contribution in [0.5, 0.6) is 0 Å². The summed E-state index contributed by atoms with van der Waals surface area (Å²) < 4.78 is 1.01. The molecule has 0 bridgehead atoms. The van der Waals surface area contributed by atoms with Crippen LogP contribution in [0.1, 0.15) is 11.1 Å². The number of aliphatic hydroxyl groups excluding tert-OH is 1. The molecule has 0 aliphatic rings. The number of hydrogen-bond acceptors (Lipinski definition) is 4. The van der Waals surface area contributed by atoms with Crippen molar-refractivity contribution < 1.29 is 5.11 Å². The quantitative estimate of drug-likeness (QED) is 0.916. The van der Waals surface area contributed by atoms with Crippen molar-refractivity contribution in [2.45, 2.75) is 13.5 Å². The summed E-state index contributed by atoms with van der Waals surface area (Å²) in [5.74, 6) is 0.899. The number of rotatable bonds is 5. The van der Waals surface area contributed by atoms with E-state index < -0.39 is 0 Å². The maximum atomic E-state index is 9.17. The van der Waals surface area contributed by atoms with Crippen molar-refractivity contribution in [3.05, 3.63) is 44.7 Å². The molecular formula is C13H15BrN2OS. The van der Waals surface area contributed by atoms with Crippen LogP contribution in [0.3, 0.4) is 0 Å². The molecule has 0 aliphatic carbocycles. The van der Waals surface area contributed by atoms with E-state index in [0.717, 1.165) is 22.4 Å². The number of nitrogens with zero attached hydrogens (tertiary/aromatic N) is 2. The second-order valence-corrected chi connectivity index (χ2v) is 5.70. The third-order valence-corrected chi connectivity index (χ3v) is 4.24. The molecule has 3 nitrogen and oxygen atoms in total. The minimum atomic E-state index is 0.126. The lowest BCUT2D eigenvalue weighted by atomic mass is 10.2. The summed E-state index contributed by atoms with van der Waals surface area (Å²) >= 11 is 5.13. The van der Waals surface area contributed by atoms with Crippen LogP contribution < -0.4 is 4.90 Å². The van der Waals surface area contributed by atoms with Crippen molar-refractivity contribution in [1.29, 1.82) is 0 Å². The van der Waals surface area contributed by atoms with Gasteiger partial charge in [-0.3, -0.25) is 0 Å². The fourth-order valence-electron chi connectivity index (χ4n) is 1.70. The van der Waals surface area contributed by atoms with Gasteiger partial charge >= 0.3 is 0 Å². The van der Waals surface area contributed by atoms with Crippen molar-refractivity contribution in [2.24, 2.45) is 0 Å². The molecule has 0 saturated heterocycles. The molecule has 0 atom stereocenters. The lowest BCUT2D eigenvalue weighted by molar-refractivity contribution is 0.301. The number of aromatic nitrogens is 1. The Hall–Kier alpha value is -0.910. The molecule has 5 heteroatoms. The van der Waals surface area contributed by atoms with E-state index in [1.165, 1.54) is 5.56 Å². The van der Waals surface area contributed by atoms with Gasteiger partial charge in [0.25, 0.3) is 0 Å². The zero-order valence-electron chi connectivity index (χ0n) is 10.1. The fourth-order valence-corrected chi connectivity index (χ4v) is 2.57. The Labute approximate surface area is 119 Å². The van der Waals surface area contributed by atoms with Gasteiger partial charge in [-0.2, -0.15) is 11.3 Å². The second-order valence-electron chi connectivity index (χ2n) is 4.07. The number of hydrogen-bond donors (Lipinski definition) is 1. The van der Waals surface area contributed by atoms with Gasteiger partial charge in [0.15, 0.2) is 0 Å². The Bertz CT molecular complexity index is 502. The Morgan fingerprint density at radius 1 is 1.50 bits per heavy atom. The molecule has 1 N–H and O–H groups in total. The predicted molar refractivity (Wildman–Crippen MR) is 79.1 cm³/mol. The maximum absolute atomic E-state index is 9.17. The monoisotopic (exact) mass is 326 g/mol. The van der Waals surface area contributed by atoms with Crippen molar-refractivity contribution in [3.8, 4) is 0 Å². The van der Waals surface area contributed by atoms with E-state index in [1.807, 2.05) is 19.2 Å². The maximum Gasteiger partial charge on any atom is 0.129 e. The van der Waals surface area contributed by atoms with Gasteiger partial charge in [-0.15, -0.1) is 0 Å².